The summed E-state index contributed by atoms with van der Waals surface area (Å²) in [5.41, 5.74) is 6.54. The molecule has 0 radical (unpaired) electrons. The largest absolute Gasteiger partial charge is 0.353 e. The molecule has 0 bridgehead atoms. The lowest BCUT2D eigenvalue weighted by Crippen LogP contribution is -2.38. The Kier molecular flexibility index (Phi) is 23.2. The molecule has 0 spiro atoms. The molecule has 35 heavy (non-hydrogen) atoms. The maximum Gasteiger partial charge on any atom is 0.220 e. The van der Waals surface area contributed by atoms with Gasteiger partial charge in [-0.2, -0.15) is 0 Å². The van der Waals surface area contributed by atoms with Crippen LogP contribution in [0.25, 0.3) is 0 Å². The van der Waals surface area contributed by atoms with Crippen molar-refractivity contribution in [2.45, 2.75) is 126 Å². The monoisotopic (exact) mass is 512 g/mol. The van der Waals surface area contributed by atoms with Crippen molar-refractivity contribution in [1.29, 1.82) is 0 Å². The Balaban J connectivity index is -0.000000497. The summed E-state index contributed by atoms with van der Waals surface area (Å²) in [5.74, 6) is 1.19. The number of amides is 1. The fourth-order valence-electron chi connectivity index (χ4n) is 3.94. The van der Waals surface area contributed by atoms with E-state index in [1.54, 1.807) is 0 Å². The maximum atomic E-state index is 11.5. The average Bonchev–Trinajstić information content (AvgIpc) is 2.73. The van der Waals surface area contributed by atoms with Crippen LogP contribution in [0.3, 0.4) is 0 Å². The SMILES string of the molecule is C/C(=C\C=C/C(C)Cl)C1CCCCC1(C)C.C=CC(C)C(C)NC(=O)CC(C)(C)C.CCC.CN. The summed E-state index contributed by atoms with van der Waals surface area (Å²) in [5, 5.41) is 3.11. The van der Waals surface area contributed by atoms with Gasteiger partial charge in [-0.25, -0.2) is 0 Å². The van der Waals surface area contributed by atoms with E-state index in [4.69, 9.17) is 11.6 Å². The van der Waals surface area contributed by atoms with E-state index in [0.717, 1.165) is 5.92 Å². The van der Waals surface area contributed by atoms with Crippen molar-refractivity contribution in [2.24, 2.45) is 28.4 Å². The molecule has 208 valence electrons. The minimum absolute atomic E-state index is 0.0568. The lowest BCUT2D eigenvalue weighted by molar-refractivity contribution is -0.123. The molecule has 4 unspecified atom stereocenters. The Bertz CT molecular complexity index is 600. The third-order valence-electron chi connectivity index (χ3n) is 6.03. The van der Waals surface area contributed by atoms with Gasteiger partial charge in [-0.15, -0.1) is 18.2 Å². The zero-order valence-corrected chi connectivity index (χ0v) is 26.2. The van der Waals surface area contributed by atoms with Crippen LogP contribution >= 0.6 is 11.6 Å². The summed E-state index contributed by atoms with van der Waals surface area (Å²) in [6.45, 7) is 27.3. The molecule has 3 N–H and O–H groups in total. The van der Waals surface area contributed by atoms with Crippen LogP contribution in [0.1, 0.15) is 115 Å². The number of alkyl halides is 1. The van der Waals surface area contributed by atoms with E-state index in [9.17, 15) is 4.79 Å². The first-order chi connectivity index (χ1) is 16.1. The molecular weight excluding hydrogens is 452 g/mol. The molecule has 0 saturated heterocycles. The molecule has 0 heterocycles. The van der Waals surface area contributed by atoms with Crippen molar-refractivity contribution < 1.29 is 4.79 Å². The Hall–Kier alpha value is -1.06. The van der Waals surface area contributed by atoms with E-state index < -0.39 is 0 Å². The van der Waals surface area contributed by atoms with Crippen LogP contribution in [0.2, 0.25) is 0 Å². The summed E-state index contributed by atoms with van der Waals surface area (Å²) in [6.07, 6.45) is 15.6. The Morgan fingerprint density at radius 3 is 2.09 bits per heavy atom. The molecule has 1 amide bonds. The molecule has 4 atom stereocenters. The number of nitrogens with one attached hydrogen (secondary N) is 1. The van der Waals surface area contributed by atoms with Gasteiger partial charge in [0.15, 0.2) is 0 Å². The van der Waals surface area contributed by atoms with E-state index in [1.165, 1.54) is 44.7 Å². The molecule has 0 aromatic rings. The lowest BCUT2D eigenvalue weighted by Gasteiger charge is -2.39. The highest BCUT2D eigenvalue weighted by Crippen LogP contribution is 2.44. The number of halogens is 1. The van der Waals surface area contributed by atoms with Crippen molar-refractivity contribution in [2.75, 3.05) is 7.05 Å². The van der Waals surface area contributed by atoms with Crippen molar-refractivity contribution >= 4 is 17.5 Å². The molecular formula is C31H61ClN2O. The first kappa shape index (κ1) is 38.5. The number of hydrogen-bond acceptors (Lipinski definition) is 2. The lowest BCUT2D eigenvalue weighted by atomic mass is 9.66. The van der Waals surface area contributed by atoms with Crippen LogP contribution in [-0.2, 0) is 4.79 Å². The standard InChI is InChI=1S/C15H25Cl.C12H23NO.C3H8.CH5N/c1-12(8-7-9-13(2)16)14-10-5-6-11-15(14,3)4;1-7-9(2)10(3)13-11(14)8-12(4,5)6;1-3-2;1-2/h7-9,13-14H,5-6,10-11H2,1-4H3;7,9-10H,1,8H2,2-6H3,(H,13,14);3H2,1-2H3;2H2,1H3/b9-7-,12-8+;;;. The number of carbonyl (C=O) groups is 1. The second-order valence-electron chi connectivity index (χ2n) is 11.7. The van der Waals surface area contributed by atoms with Gasteiger partial charge in [0.2, 0.25) is 5.91 Å². The third kappa shape index (κ3) is 21.9. The molecule has 3 nitrogen and oxygen atoms in total. The van der Waals surface area contributed by atoms with Gasteiger partial charge in [-0.1, -0.05) is 105 Å². The molecule has 1 saturated carbocycles. The molecule has 4 heteroatoms. The quantitative estimate of drug-likeness (QED) is 0.203. The van der Waals surface area contributed by atoms with E-state index >= 15 is 0 Å². The van der Waals surface area contributed by atoms with Crippen LogP contribution in [0.5, 0.6) is 0 Å². The molecule has 1 fully saturated rings. The topological polar surface area (TPSA) is 55.1 Å². The Morgan fingerprint density at radius 1 is 1.17 bits per heavy atom. The average molecular weight is 513 g/mol. The number of hydrogen-bond donors (Lipinski definition) is 2. The predicted molar refractivity (Wildman–Crippen MR) is 161 cm³/mol. The van der Waals surface area contributed by atoms with Crippen LogP contribution in [0.15, 0.2) is 36.5 Å². The summed E-state index contributed by atoms with van der Waals surface area (Å²) >= 11 is 5.89. The van der Waals surface area contributed by atoms with Gasteiger partial charge in [0.1, 0.15) is 0 Å². The van der Waals surface area contributed by atoms with Crippen LogP contribution in [0, 0.1) is 22.7 Å². The maximum absolute atomic E-state index is 11.5. The zero-order valence-electron chi connectivity index (χ0n) is 25.4. The molecule has 1 aliphatic carbocycles. The molecule has 1 rings (SSSR count). The first-order valence-electron chi connectivity index (χ1n) is 13.6. The summed E-state index contributed by atoms with van der Waals surface area (Å²) < 4.78 is 0. The van der Waals surface area contributed by atoms with E-state index in [2.05, 4.69) is 92.1 Å². The molecule has 0 aliphatic heterocycles. The van der Waals surface area contributed by atoms with E-state index in [1.807, 2.05) is 26.0 Å². The summed E-state index contributed by atoms with van der Waals surface area (Å²) in [6, 6.07) is 0.169. The highest BCUT2D eigenvalue weighted by atomic mass is 35.5. The Labute approximate surface area is 225 Å². The highest BCUT2D eigenvalue weighted by molar-refractivity contribution is 6.21. The third-order valence-corrected chi connectivity index (χ3v) is 6.18. The van der Waals surface area contributed by atoms with Gasteiger partial charge in [-0.05, 0) is 63.3 Å². The number of allylic oxidation sites excluding steroid dienone is 4. The smallest absolute Gasteiger partial charge is 0.220 e. The van der Waals surface area contributed by atoms with Crippen molar-refractivity contribution in [3.63, 3.8) is 0 Å². The minimum atomic E-state index is 0.0568. The second kappa shape index (κ2) is 21.1. The highest BCUT2D eigenvalue weighted by Gasteiger charge is 2.32. The van der Waals surface area contributed by atoms with Crippen LogP contribution < -0.4 is 11.1 Å². The first-order valence-corrected chi connectivity index (χ1v) is 14.0. The summed E-state index contributed by atoms with van der Waals surface area (Å²) in [7, 11) is 1.50. The van der Waals surface area contributed by atoms with Crippen LogP contribution in [0.4, 0.5) is 0 Å². The van der Waals surface area contributed by atoms with Gasteiger partial charge in [0.25, 0.3) is 0 Å². The molecule has 0 aromatic heterocycles. The van der Waals surface area contributed by atoms with Crippen molar-refractivity contribution in [1.82, 2.24) is 5.32 Å². The number of carbonyl (C=O) groups excluding carboxylic acids is 1. The number of rotatable bonds is 7. The minimum Gasteiger partial charge on any atom is -0.353 e. The predicted octanol–water partition coefficient (Wildman–Crippen LogP) is 9.07. The van der Waals surface area contributed by atoms with E-state index in [-0.39, 0.29) is 22.7 Å². The van der Waals surface area contributed by atoms with Gasteiger partial charge < -0.3 is 11.1 Å². The van der Waals surface area contributed by atoms with E-state index in [0.29, 0.717) is 17.8 Å². The van der Waals surface area contributed by atoms with Gasteiger partial charge >= 0.3 is 0 Å². The van der Waals surface area contributed by atoms with Crippen molar-refractivity contribution in [3.8, 4) is 0 Å². The normalized spacial score (nSPS) is 19.9. The van der Waals surface area contributed by atoms with Gasteiger partial charge in [-0.3, -0.25) is 4.79 Å². The molecule has 1 aliphatic rings. The second-order valence-corrected chi connectivity index (χ2v) is 12.3. The Morgan fingerprint density at radius 2 is 1.69 bits per heavy atom. The number of nitrogens with two attached hydrogens (primary N) is 1. The zero-order chi connectivity index (χ0) is 28.2. The fraction of sp³-hybridized carbons (Fsp3) is 0.774. The van der Waals surface area contributed by atoms with Crippen molar-refractivity contribution in [3.05, 3.63) is 36.5 Å². The van der Waals surface area contributed by atoms with Gasteiger partial charge in [0, 0.05) is 17.8 Å². The summed E-state index contributed by atoms with van der Waals surface area (Å²) in [4.78, 5) is 11.5. The molecule has 0 aromatic carbocycles. The van der Waals surface area contributed by atoms with Crippen LogP contribution in [-0.4, -0.2) is 24.4 Å². The fourth-order valence-corrected chi connectivity index (χ4v) is 4.02. The van der Waals surface area contributed by atoms with Gasteiger partial charge in [0.05, 0.1) is 0 Å².